The number of benzene rings is 6. The van der Waals surface area contributed by atoms with Gasteiger partial charge in [0.2, 0.25) is 16.6 Å². The summed E-state index contributed by atoms with van der Waals surface area (Å²) in [5.41, 5.74) is 3.88. The van der Waals surface area contributed by atoms with Gasteiger partial charge in [-0.15, -0.1) is 0 Å². The number of aliphatic hydroxyl groups is 1. The molecule has 0 radical (unpaired) electrons. The van der Waals surface area contributed by atoms with Gasteiger partial charge in [0.15, 0.2) is 0 Å². The van der Waals surface area contributed by atoms with Gasteiger partial charge in [-0.05, 0) is 177 Å². The third-order valence-electron chi connectivity index (χ3n) is 12.0. The van der Waals surface area contributed by atoms with E-state index in [0.717, 1.165) is 51.6 Å². The van der Waals surface area contributed by atoms with Gasteiger partial charge in [-0.2, -0.15) is 0 Å². The fourth-order valence-corrected chi connectivity index (χ4v) is 8.04. The second-order valence-corrected chi connectivity index (χ2v) is 28.4. The third-order valence-corrected chi connectivity index (χ3v) is 20.7. The van der Waals surface area contributed by atoms with Crippen LogP contribution in [0.25, 0.3) is 0 Å². The van der Waals surface area contributed by atoms with Crippen molar-refractivity contribution in [3.8, 4) is 46.0 Å². The van der Waals surface area contributed by atoms with Crippen molar-refractivity contribution >= 4 is 33.7 Å². The Bertz CT molecular complexity index is 2340. The molecule has 0 aliphatic carbocycles. The monoisotopic (exact) mass is 883 g/mol. The van der Waals surface area contributed by atoms with Gasteiger partial charge in [-0.1, -0.05) is 59.2 Å². The lowest BCUT2D eigenvalue weighted by Gasteiger charge is -2.36. The molecule has 0 atom stereocenters. The third kappa shape index (κ3) is 12.8. The summed E-state index contributed by atoms with van der Waals surface area (Å²) in [7, 11) is -3.90. The summed E-state index contributed by atoms with van der Waals surface area (Å²) < 4.78 is 31.4. The summed E-state index contributed by atoms with van der Waals surface area (Å²) in [4.78, 5) is 4.05. The van der Waals surface area contributed by atoms with Crippen LogP contribution < -0.4 is 38.2 Å². The maximum atomic E-state index is 10.7. The van der Waals surface area contributed by atoms with Gasteiger partial charge >= 0.3 is 0 Å². The molecule has 6 aromatic carbocycles. The first kappa shape index (κ1) is 46.6. The molecule has 0 saturated carbocycles. The van der Waals surface area contributed by atoms with E-state index in [1.165, 1.54) is 5.56 Å². The van der Waals surface area contributed by atoms with E-state index in [4.69, 9.17) is 23.1 Å². The van der Waals surface area contributed by atoms with E-state index in [1.807, 2.05) is 150 Å². The molecule has 6 aromatic rings. The van der Waals surface area contributed by atoms with Crippen molar-refractivity contribution in [2.45, 2.75) is 84.7 Å². The Labute approximate surface area is 377 Å². The van der Waals surface area contributed by atoms with E-state index < -0.39 is 16.6 Å². The van der Waals surface area contributed by atoms with Crippen molar-refractivity contribution in [2.75, 3.05) is 35.2 Å². The van der Waals surface area contributed by atoms with Crippen molar-refractivity contribution in [1.82, 2.24) is 0 Å². The number of nitrogens with zero attached hydrogens (tertiary/aromatic N) is 2. The predicted molar refractivity (Wildman–Crippen MR) is 265 cm³/mol. The van der Waals surface area contributed by atoms with Crippen LogP contribution in [0.5, 0.6) is 46.0 Å². The van der Waals surface area contributed by atoms with Crippen molar-refractivity contribution in [2.24, 2.45) is 0 Å². The summed E-state index contributed by atoms with van der Waals surface area (Å²) in [6, 6.07) is 47.3. The number of hydrogen-bond acceptors (Lipinski definition) is 9. The van der Waals surface area contributed by atoms with Crippen LogP contribution in [0.15, 0.2) is 146 Å². The number of rotatable bonds is 18. The molecule has 0 aliphatic heterocycles. The van der Waals surface area contributed by atoms with E-state index in [2.05, 4.69) is 84.9 Å². The summed E-state index contributed by atoms with van der Waals surface area (Å²) in [5.74, 6) is 6.10. The van der Waals surface area contributed by atoms with Crippen LogP contribution in [0, 0.1) is 6.92 Å². The number of nitrogens with one attached hydrogen (secondary N) is 1. The summed E-state index contributed by atoms with van der Waals surface area (Å²) in [5, 5.41) is 14.5. The van der Waals surface area contributed by atoms with Crippen LogP contribution in [0.1, 0.15) is 47.1 Å². The first-order valence-electron chi connectivity index (χ1n) is 21.6. The summed E-state index contributed by atoms with van der Waals surface area (Å²) >= 11 is 0. The largest absolute Gasteiger partial charge is 0.543 e. The zero-order chi connectivity index (χ0) is 45.4. The van der Waals surface area contributed by atoms with Crippen molar-refractivity contribution in [1.29, 1.82) is 0 Å². The normalized spacial score (nSPS) is 12.0. The lowest BCUT2D eigenvalue weighted by Crippen LogP contribution is -2.43. The molecule has 63 heavy (non-hydrogen) atoms. The zero-order valence-electron chi connectivity index (χ0n) is 38.9. The van der Waals surface area contributed by atoms with E-state index in [1.54, 1.807) is 0 Å². The maximum absolute atomic E-state index is 10.7. The number of anilines is 3. The van der Waals surface area contributed by atoms with E-state index in [0.29, 0.717) is 24.8 Å². The molecule has 0 amide bonds. The molecule has 0 fully saturated rings. The Kier molecular flexibility index (Phi) is 14.5. The molecule has 9 nitrogen and oxygen atoms in total. The molecular weight excluding hydrogens is 819 g/mol. The van der Waals surface area contributed by atoms with Gasteiger partial charge in [-0.3, -0.25) is 0 Å². The highest BCUT2D eigenvalue weighted by molar-refractivity contribution is 6.75. The van der Waals surface area contributed by atoms with Gasteiger partial charge in [0.05, 0.1) is 13.3 Å². The van der Waals surface area contributed by atoms with Crippen LogP contribution in [0.4, 0.5) is 17.1 Å². The van der Waals surface area contributed by atoms with Crippen molar-refractivity contribution in [3.63, 3.8) is 0 Å². The zero-order valence-corrected chi connectivity index (χ0v) is 40.9. The minimum Gasteiger partial charge on any atom is -0.543 e. The SMILES string of the molecule is Cc1ccc(Oc2ccc(NCN(CN(CO)c3ccc(Oc4ccc(O[Si](C)(C)C(C)(C)C)cc4)cc3)c3ccc(Oc4ccc(O[Si](C)(C)C(C)(C)C)cc4)cc3)cc2)cc1. The number of ether oxygens (including phenoxy) is 3. The molecule has 0 aliphatic rings. The smallest absolute Gasteiger partial charge is 0.250 e. The average molecular weight is 884 g/mol. The highest BCUT2D eigenvalue weighted by atomic mass is 28.4. The second kappa shape index (κ2) is 19.7. The number of aryl methyl sites for hydroxylation is 1. The van der Waals surface area contributed by atoms with Crippen LogP contribution in [0.3, 0.4) is 0 Å². The van der Waals surface area contributed by atoms with Gasteiger partial charge in [-0.25, -0.2) is 0 Å². The van der Waals surface area contributed by atoms with E-state index >= 15 is 0 Å². The summed E-state index contributed by atoms with van der Waals surface area (Å²) in [6.07, 6.45) is 0. The Morgan fingerprint density at radius 1 is 0.444 bits per heavy atom. The maximum Gasteiger partial charge on any atom is 0.250 e. The Morgan fingerprint density at radius 3 is 1.10 bits per heavy atom. The Hall–Kier alpha value is -5.89. The Morgan fingerprint density at radius 2 is 0.746 bits per heavy atom. The molecule has 0 aromatic heterocycles. The van der Waals surface area contributed by atoms with Crippen molar-refractivity contribution < 1.29 is 28.2 Å². The predicted octanol–water partition coefficient (Wildman–Crippen LogP) is 14.4. The van der Waals surface area contributed by atoms with E-state index in [9.17, 15) is 5.11 Å². The molecule has 0 unspecified atom stereocenters. The lowest BCUT2D eigenvalue weighted by atomic mass is 10.2. The topological polar surface area (TPSA) is 84.9 Å². The quantitative estimate of drug-likeness (QED) is 0.0647. The highest BCUT2D eigenvalue weighted by Crippen LogP contribution is 2.39. The standard InChI is InChI=1S/C52H65N3O6Si2/c1-39-12-20-43(21-13-39)57-44-22-14-40(15-23-44)53-36-54(41-16-24-45(25-17-41)58-47-28-32-49(33-29-47)60-62(8,9)51(2,3)4)37-55(38-56)42-18-26-46(27-19-42)59-48-30-34-50(35-31-48)61-63(10,11)52(5,6)7/h12-35,53,56H,36-38H2,1-11H3. The van der Waals surface area contributed by atoms with Crippen LogP contribution >= 0.6 is 0 Å². The molecule has 0 saturated heterocycles. The fourth-order valence-electron chi connectivity index (χ4n) is 5.98. The van der Waals surface area contributed by atoms with E-state index in [-0.39, 0.29) is 16.8 Å². The first-order chi connectivity index (χ1) is 29.8. The summed E-state index contributed by atoms with van der Waals surface area (Å²) in [6.45, 7) is 25.1. The lowest BCUT2D eigenvalue weighted by molar-refractivity contribution is 0.290. The molecule has 0 spiro atoms. The number of hydrogen-bond donors (Lipinski definition) is 2. The molecule has 332 valence electrons. The molecule has 11 heteroatoms. The number of aliphatic hydroxyl groups excluding tert-OH is 1. The minimum atomic E-state index is -1.95. The highest BCUT2D eigenvalue weighted by Gasteiger charge is 2.39. The molecular formula is C52H65N3O6Si2. The molecule has 0 bridgehead atoms. The van der Waals surface area contributed by atoms with Gasteiger partial charge in [0.1, 0.15) is 52.7 Å². The second-order valence-electron chi connectivity index (χ2n) is 19.0. The minimum absolute atomic E-state index is 0.109. The molecule has 0 heterocycles. The van der Waals surface area contributed by atoms with Gasteiger partial charge in [0.25, 0.3) is 0 Å². The molecule has 6 rings (SSSR count). The first-order valence-corrected chi connectivity index (χ1v) is 27.4. The van der Waals surface area contributed by atoms with Gasteiger partial charge < -0.3 is 43.3 Å². The fraction of sp³-hybridized carbons (Fsp3) is 0.308. The van der Waals surface area contributed by atoms with Crippen molar-refractivity contribution in [3.05, 3.63) is 151 Å². The van der Waals surface area contributed by atoms with Crippen LogP contribution in [-0.4, -0.2) is 41.8 Å². The average Bonchev–Trinajstić information content (AvgIpc) is 3.23. The molecule has 2 N–H and O–H groups in total. The van der Waals surface area contributed by atoms with Crippen LogP contribution in [-0.2, 0) is 0 Å². The van der Waals surface area contributed by atoms with Crippen LogP contribution in [0.2, 0.25) is 36.3 Å². The Balaban J connectivity index is 1.14. The van der Waals surface area contributed by atoms with Gasteiger partial charge in [0, 0.05) is 17.1 Å².